The first-order chi connectivity index (χ1) is 12.8. The van der Waals surface area contributed by atoms with Crippen LogP contribution in [0.25, 0.3) is 0 Å². The van der Waals surface area contributed by atoms with Gasteiger partial charge in [0.1, 0.15) is 30.3 Å². The van der Waals surface area contributed by atoms with E-state index in [1.165, 1.54) is 0 Å². The first kappa shape index (κ1) is 23.0. The molecule has 0 bridgehead atoms. The van der Waals surface area contributed by atoms with Crippen LogP contribution in [-0.4, -0.2) is 54.1 Å². The second-order valence-electron chi connectivity index (χ2n) is 5.51. The minimum atomic E-state index is 0. The predicted molar refractivity (Wildman–Crippen MR) is 117 cm³/mol. The monoisotopic (exact) mass is 488 g/mol. The molecule has 1 heterocycles. The van der Waals surface area contributed by atoms with E-state index in [1.54, 1.807) is 13.4 Å². The minimum absolute atomic E-state index is 0. The van der Waals surface area contributed by atoms with Crippen LogP contribution >= 0.6 is 24.0 Å². The molecule has 2 rings (SSSR count). The van der Waals surface area contributed by atoms with Crippen molar-refractivity contribution in [3.05, 3.63) is 36.4 Å². The number of hydrogen-bond acceptors (Lipinski definition) is 5. The molecule has 150 valence electrons. The van der Waals surface area contributed by atoms with E-state index >= 15 is 0 Å². The van der Waals surface area contributed by atoms with Gasteiger partial charge in [-0.25, -0.2) is 0 Å². The molecule has 0 fully saturated rings. The molecule has 1 aromatic heterocycles. The lowest BCUT2D eigenvalue weighted by Gasteiger charge is -2.12. The zero-order valence-corrected chi connectivity index (χ0v) is 18.5. The molecule has 0 saturated heterocycles. The molecule has 1 aromatic carbocycles. The van der Waals surface area contributed by atoms with Gasteiger partial charge in [-0.15, -0.1) is 34.2 Å². The van der Waals surface area contributed by atoms with E-state index in [-0.39, 0.29) is 24.0 Å². The number of nitrogens with zero attached hydrogens (tertiary/aromatic N) is 4. The summed E-state index contributed by atoms with van der Waals surface area (Å²) in [5.41, 5.74) is 0. The third kappa shape index (κ3) is 8.02. The third-order valence-corrected chi connectivity index (χ3v) is 3.67. The average Bonchev–Trinajstić information content (AvgIpc) is 3.13. The summed E-state index contributed by atoms with van der Waals surface area (Å²) in [5.74, 6) is 3.32. The van der Waals surface area contributed by atoms with Gasteiger partial charge in [0, 0.05) is 25.6 Å². The molecule has 0 amide bonds. The molecule has 2 aromatic rings. The number of benzene rings is 1. The van der Waals surface area contributed by atoms with Gasteiger partial charge >= 0.3 is 0 Å². The fourth-order valence-electron chi connectivity index (χ4n) is 2.38. The molecule has 0 unspecified atom stereocenters. The molecule has 0 aliphatic rings. The van der Waals surface area contributed by atoms with Crippen LogP contribution in [0, 0.1) is 0 Å². The SMILES string of the molecule is CCNC(=NCCn1cnnc1CC)NCCOc1cccc(OC)c1.I. The smallest absolute Gasteiger partial charge is 0.191 e. The summed E-state index contributed by atoms with van der Waals surface area (Å²) in [6.07, 6.45) is 2.61. The van der Waals surface area contributed by atoms with Crippen LogP contribution < -0.4 is 20.1 Å². The molecule has 0 atom stereocenters. The number of ether oxygens (including phenoxy) is 2. The second-order valence-corrected chi connectivity index (χ2v) is 5.51. The highest BCUT2D eigenvalue weighted by Gasteiger charge is 2.02. The lowest BCUT2D eigenvalue weighted by Crippen LogP contribution is -2.39. The average molecular weight is 488 g/mol. The van der Waals surface area contributed by atoms with E-state index in [4.69, 9.17) is 9.47 Å². The number of aromatic nitrogens is 3. The maximum Gasteiger partial charge on any atom is 0.191 e. The van der Waals surface area contributed by atoms with Gasteiger partial charge in [0.15, 0.2) is 5.96 Å². The van der Waals surface area contributed by atoms with Crippen molar-refractivity contribution in [3.63, 3.8) is 0 Å². The van der Waals surface area contributed by atoms with Crippen molar-refractivity contribution < 1.29 is 9.47 Å². The standard InChI is InChI=1S/C18H28N6O2.HI/c1-4-17-23-22-14-24(17)11-9-20-18(19-5-2)21-10-12-26-16-8-6-7-15(13-16)25-3;/h6-8,13-14H,4-5,9-12H2,1-3H3,(H2,19,20,21);1H. The fraction of sp³-hybridized carbons (Fsp3) is 0.500. The van der Waals surface area contributed by atoms with E-state index < -0.39 is 0 Å². The van der Waals surface area contributed by atoms with Crippen molar-refractivity contribution >= 4 is 29.9 Å². The molecular formula is C18H29IN6O2. The van der Waals surface area contributed by atoms with Crippen LogP contribution in [-0.2, 0) is 13.0 Å². The summed E-state index contributed by atoms with van der Waals surface area (Å²) >= 11 is 0. The van der Waals surface area contributed by atoms with E-state index in [0.29, 0.717) is 19.7 Å². The van der Waals surface area contributed by atoms with Crippen LogP contribution in [0.15, 0.2) is 35.6 Å². The molecule has 0 spiro atoms. The zero-order chi connectivity index (χ0) is 18.6. The Morgan fingerprint density at radius 1 is 1.22 bits per heavy atom. The number of methoxy groups -OCH3 is 1. The highest BCUT2D eigenvalue weighted by molar-refractivity contribution is 14.0. The molecular weight excluding hydrogens is 459 g/mol. The van der Waals surface area contributed by atoms with Crippen molar-refractivity contribution in [2.75, 3.05) is 33.4 Å². The fourth-order valence-corrected chi connectivity index (χ4v) is 2.38. The lowest BCUT2D eigenvalue weighted by molar-refractivity contribution is 0.319. The summed E-state index contributed by atoms with van der Waals surface area (Å²) in [6.45, 7) is 7.50. The van der Waals surface area contributed by atoms with E-state index in [2.05, 4.69) is 32.7 Å². The van der Waals surface area contributed by atoms with Gasteiger partial charge in [-0.05, 0) is 19.1 Å². The van der Waals surface area contributed by atoms with Crippen molar-refractivity contribution in [2.45, 2.75) is 26.8 Å². The highest BCUT2D eigenvalue weighted by Crippen LogP contribution is 2.18. The molecule has 8 nitrogen and oxygen atoms in total. The second kappa shape index (κ2) is 13.2. The topological polar surface area (TPSA) is 85.6 Å². The first-order valence-electron chi connectivity index (χ1n) is 8.92. The van der Waals surface area contributed by atoms with E-state index in [0.717, 1.165) is 42.8 Å². The Morgan fingerprint density at radius 3 is 2.78 bits per heavy atom. The van der Waals surface area contributed by atoms with Crippen LogP contribution in [0.3, 0.4) is 0 Å². The predicted octanol–water partition coefficient (Wildman–Crippen LogP) is 2.10. The van der Waals surface area contributed by atoms with Gasteiger partial charge in [-0.1, -0.05) is 13.0 Å². The van der Waals surface area contributed by atoms with Gasteiger partial charge in [-0.2, -0.15) is 0 Å². The number of hydrogen-bond donors (Lipinski definition) is 2. The Morgan fingerprint density at radius 2 is 2.04 bits per heavy atom. The lowest BCUT2D eigenvalue weighted by atomic mass is 10.3. The Labute approximate surface area is 177 Å². The Balaban J connectivity index is 0.00000364. The number of halogens is 1. The molecule has 2 N–H and O–H groups in total. The molecule has 9 heteroatoms. The van der Waals surface area contributed by atoms with Gasteiger partial charge in [-0.3, -0.25) is 4.99 Å². The molecule has 0 aliphatic carbocycles. The summed E-state index contributed by atoms with van der Waals surface area (Å²) in [5, 5.41) is 14.5. The maximum atomic E-state index is 5.72. The summed E-state index contributed by atoms with van der Waals surface area (Å²) in [4.78, 5) is 4.58. The van der Waals surface area contributed by atoms with Crippen molar-refractivity contribution in [1.82, 2.24) is 25.4 Å². The van der Waals surface area contributed by atoms with Gasteiger partial charge in [0.2, 0.25) is 0 Å². The molecule has 0 saturated carbocycles. The largest absolute Gasteiger partial charge is 0.497 e. The van der Waals surface area contributed by atoms with Crippen molar-refractivity contribution in [3.8, 4) is 11.5 Å². The molecule has 0 radical (unpaired) electrons. The van der Waals surface area contributed by atoms with Crippen LogP contribution in [0.4, 0.5) is 0 Å². The van der Waals surface area contributed by atoms with Crippen LogP contribution in [0.2, 0.25) is 0 Å². The van der Waals surface area contributed by atoms with E-state index in [9.17, 15) is 0 Å². The normalized spacial score (nSPS) is 10.9. The highest BCUT2D eigenvalue weighted by atomic mass is 127. The minimum Gasteiger partial charge on any atom is -0.497 e. The molecule has 27 heavy (non-hydrogen) atoms. The third-order valence-electron chi connectivity index (χ3n) is 3.67. The number of aryl methyl sites for hydroxylation is 1. The van der Waals surface area contributed by atoms with Crippen molar-refractivity contribution in [1.29, 1.82) is 0 Å². The van der Waals surface area contributed by atoms with Crippen LogP contribution in [0.5, 0.6) is 11.5 Å². The van der Waals surface area contributed by atoms with Crippen LogP contribution in [0.1, 0.15) is 19.7 Å². The summed E-state index contributed by atoms with van der Waals surface area (Å²) < 4.78 is 12.9. The number of aliphatic imine (C=N–C) groups is 1. The Bertz CT molecular complexity index is 692. The quantitative estimate of drug-likeness (QED) is 0.231. The van der Waals surface area contributed by atoms with Gasteiger partial charge in [0.05, 0.1) is 20.2 Å². The maximum absolute atomic E-state index is 5.72. The summed E-state index contributed by atoms with van der Waals surface area (Å²) in [6, 6.07) is 7.57. The number of nitrogens with one attached hydrogen (secondary N) is 2. The van der Waals surface area contributed by atoms with Crippen molar-refractivity contribution in [2.24, 2.45) is 4.99 Å². The summed E-state index contributed by atoms with van der Waals surface area (Å²) in [7, 11) is 1.64. The number of guanidine groups is 1. The Hall–Kier alpha value is -2.04. The molecule has 0 aliphatic heterocycles. The Kier molecular flexibility index (Phi) is 11.2. The van der Waals surface area contributed by atoms with Gasteiger partial charge < -0.3 is 24.7 Å². The van der Waals surface area contributed by atoms with E-state index in [1.807, 2.05) is 35.8 Å². The number of rotatable bonds is 10. The van der Waals surface area contributed by atoms with Gasteiger partial charge in [0.25, 0.3) is 0 Å². The zero-order valence-electron chi connectivity index (χ0n) is 16.1. The first-order valence-corrected chi connectivity index (χ1v) is 8.92.